The summed E-state index contributed by atoms with van der Waals surface area (Å²) in [4.78, 5) is 24.3. The van der Waals surface area contributed by atoms with Gasteiger partial charge < -0.3 is 14.3 Å². The van der Waals surface area contributed by atoms with Gasteiger partial charge in [-0.15, -0.1) is 0 Å². The molecule has 2 aromatic heterocycles. The average molecular weight is 497 g/mol. The Morgan fingerprint density at radius 2 is 1.92 bits per heavy atom. The van der Waals surface area contributed by atoms with E-state index in [1.807, 2.05) is 52.1 Å². The monoisotopic (exact) mass is 496 g/mol. The number of fused-ring (bicyclic) bond motifs is 5. The minimum atomic E-state index is -0.963. The summed E-state index contributed by atoms with van der Waals surface area (Å²) in [6.45, 7) is 18.3. The predicted octanol–water partition coefficient (Wildman–Crippen LogP) is 7.83. The zero-order chi connectivity index (χ0) is 27.0. The number of carbonyl (C=O) groups is 1. The number of aromatic nitrogens is 1. The average Bonchev–Trinajstić information content (AvgIpc) is 3.55. The largest absolute Gasteiger partial charge is 0.454 e. The van der Waals surface area contributed by atoms with E-state index >= 15 is 4.39 Å². The molecule has 2 aliphatic heterocycles. The topological polar surface area (TPSA) is 64.2 Å². The highest BCUT2D eigenvalue weighted by atomic mass is 19.1. The van der Waals surface area contributed by atoms with Crippen LogP contribution in [0.1, 0.15) is 83.8 Å². The lowest BCUT2D eigenvalue weighted by molar-refractivity contribution is 0.104. The molecule has 0 radical (unpaired) electrons. The van der Waals surface area contributed by atoms with Gasteiger partial charge in [-0.2, -0.15) is 0 Å². The molecule has 1 N–H and O–H groups in total. The molecule has 1 unspecified atom stereocenters. The zero-order valence-corrected chi connectivity index (χ0v) is 22.6. The molecular weight excluding hydrogens is 455 g/mol. The zero-order valence-electron chi connectivity index (χ0n) is 22.6. The first kappa shape index (κ1) is 28.8. The van der Waals surface area contributed by atoms with Crippen LogP contribution in [-0.2, 0) is 13.0 Å². The number of nitrogens with zero attached hydrogens (tertiary/aromatic N) is 1. The molecule has 0 saturated heterocycles. The minimum absolute atomic E-state index is 0. The van der Waals surface area contributed by atoms with Gasteiger partial charge in [0.2, 0.25) is 5.43 Å². The number of rotatable bonds is 3. The Hall–Kier alpha value is -3.41. The highest BCUT2D eigenvalue weighted by molar-refractivity contribution is 6.04. The second kappa shape index (κ2) is 13.1. The highest BCUT2D eigenvalue weighted by Crippen LogP contribution is 2.41. The Morgan fingerprint density at radius 1 is 1.25 bits per heavy atom. The van der Waals surface area contributed by atoms with Crippen LogP contribution < -0.4 is 10.7 Å². The van der Waals surface area contributed by atoms with Gasteiger partial charge >= 0.3 is 0 Å². The third-order valence-electron chi connectivity index (χ3n) is 5.50. The fourth-order valence-corrected chi connectivity index (χ4v) is 4.13. The second-order valence-corrected chi connectivity index (χ2v) is 8.77. The van der Waals surface area contributed by atoms with Crippen LogP contribution in [0.15, 0.2) is 58.5 Å². The van der Waals surface area contributed by atoms with Gasteiger partial charge in [0.15, 0.2) is 17.4 Å². The van der Waals surface area contributed by atoms with Crippen molar-refractivity contribution in [3.05, 3.63) is 82.1 Å². The van der Waals surface area contributed by atoms with Crippen LogP contribution in [0.4, 0.5) is 4.39 Å². The quantitative estimate of drug-likeness (QED) is 0.296. The molecule has 6 heteroatoms. The molecule has 0 amide bonds. The fraction of sp³-hybridized carbons (Fsp3) is 0.400. The molecular formula is C30H41FN2O3. The van der Waals surface area contributed by atoms with Crippen LogP contribution in [0.3, 0.4) is 0 Å². The van der Waals surface area contributed by atoms with Crippen molar-refractivity contribution in [1.29, 1.82) is 0 Å². The molecule has 1 atom stereocenters. The van der Waals surface area contributed by atoms with Crippen molar-refractivity contribution in [3.63, 3.8) is 0 Å². The smallest absolute Gasteiger partial charge is 0.229 e. The first-order valence-electron chi connectivity index (χ1n) is 12.9. The van der Waals surface area contributed by atoms with Crippen LogP contribution in [0, 0.1) is 11.7 Å². The van der Waals surface area contributed by atoms with Crippen molar-refractivity contribution in [1.82, 2.24) is 9.88 Å². The summed E-state index contributed by atoms with van der Waals surface area (Å²) < 4.78 is 22.8. The lowest BCUT2D eigenvalue weighted by Gasteiger charge is -2.19. The lowest BCUT2D eigenvalue weighted by Crippen LogP contribution is -2.25. The molecule has 196 valence electrons. The number of halogens is 1. The van der Waals surface area contributed by atoms with Gasteiger partial charge in [0.05, 0.1) is 11.6 Å². The number of ketones is 1. The number of benzene rings is 1. The van der Waals surface area contributed by atoms with Gasteiger partial charge in [-0.05, 0) is 31.0 Å². The summed E-state index contributed by atoms with van der Waals surface area (Å²) in [7, 11) is 0. The van der Waals surface area contributed by atoms with Crippen molar-refractivity contribution < 1.29 is 15.0 Å². The van der Waals surface area contributed by atoms with Gasteiger partial charge in [0, 0.05) is 30.7 Å². The van der Waals surface area contributed by atoms with E-state index in [2.05, 4.69) is 38.7 Å². The van der Waals surface area contributed by atoms with Crippen LogP contribution in [0.5, 0.6) is 0 Å². The summed E-state index contributed by atoms with van der Waals surface area (Å²) in [5.41, 5.74) is 1.57. The van der Waals surface area contributed by atoms with E-state index in [1.165, 1.54) is 6.20 Å². The lowest BCUT2D eigenvalue weighted by atomic mass is 9.97. The first-order chi connectivity index (χ1) is 17.3. The SMILES string of the molecule is C=CC(=O)c1cn2c(c(F)c1=O)-c1oc3c(C4CC=CN4)cccc3c1CC2.CC.CC.CC(C)C.[HH]. The van der Waals surface area contributed by atoms with Crippen LogP contribution in [0.2, 0.25) is 0 Å². The summed E-state index contributed by atoms with van der Waals surface area (Å²) >= 11 is 0. The Labute approximate surface area is 215 Å². The van der Waals surface area contributed by atoms with Crippen LogP contribution in [0.25, 0.3) is 22.4 Å². The third-order valence-corrected chi connectivity index (χ3v) is 5.50. The molecule has 36 heavy (non-hydrogen) atoms. The predicted molar refractivity (Wildman–Crippen MR) is 149 cm³/mol. The number of hydrogen-bond donors (Lipinski definition) is 1. The van der Waals surface area contributed by atoms with Crippen molar-refractivity contribution in [3.8, 4) is 11.5 Å². The van der Waals surface area contributed by atoms with Gasteiger partial charge in [-0.1, -0.05) is 79.3 Å². The van der Waals surface area contributed by atoms with E-state index < -0.39 is 17.0 Å². The van der Waals surface area contributed by atoms with Gasteiger partial charge in [0.1, 0.15) is 11.3 Å². The molecule has 2 aliphatic rings. The molecule has 0 saturated carbocycles. The van der Waals surface area contributed by atoms with E-state index in [0.29, 0.717) is 24.3 Å². The Balaban J connectivity index is 0.000000685. The molecule has 3 aromatic rings. The molecule has 0 bridgehead atoms. The number of nitrogens with one attached hydrogen (secondary N) is 1. The molecule has 0 aliphatic carbocycles. The number of furan rings is 1. The van der Waals surface area contributed by atoms with Crippen molar-refractivity contribution in [2.45, 2.75) is 73.9 Å². The number of para-hydroxylation sites is 1. The Bertz CT molecular complexity index is 1290. The van der Waals surface area contributed by atoms with Crippen molar-refractivity contribution in [2.75, 3.05) is 0 Å². The van der Waals surface area contributed by atoms with Gasteiger partial charge in [-0.25, -0.2) is 4.39 Å². The molecule has 0 spiro atoms. The Morgan fingerprint density at radius 3 is 2.50 bits per heavy atom. The van der Waals surface area contributed by atoms with Gasteiger partial charge in [0.25, 0.3) is 0 Å². The number of aryl methyl sites for hydroxylation is 2. The number of pyridine rings is 1. The van der Waals surface area contributed by atoms with Crippen LogP contribution >= 0.6 is 0 Å². The molecule has 5 rings (SSSR count). The van der Waals surface area contributed by atoms with Crippen molar-refractivity contribution in [2.24, 2.45) is 5.92 Å². The summed E-state index contributed by atoms with van der Waals surface area (Å²) in [6.07, 6.45) is 7.87. The second-order valence-electron chi connectivity index (χ2n) is 8.77. The standard InChI is InChI=1S/C22H17FN2O3.C4H10.2C2H6.H2/c1-2-17(26)15-11-25-10-8-13-12-5-3-6-14(16-7-4-9-24-16)21(12)28-22(13)19(25)18(23)20(15)27;1-4(2)3;2*1-2;/h2-6,9,11,16,24H,1,7-8,10H2;4H,1-3H3;2*1-2H3;1H. The van der Waals surface area contributed by atoms with E-state index in [-0.39, 0.29) is 18.7 Å². The maximum Gasteiger partial charge on any atom is 0.229 e. The first-order valence-corrected chi connectivity index (χ1v) is 12.9. The Kier molecular flexibility index (Phi) is 10.5. The highest BCUT2D eigenvalue weighted by Gasteiger charge is 2.30. The summed E-state index contributed by atoms with van der Waals surface area (Å²) in [5, 5.41) is 4.23. The molecule has 1 aromatic carbocycles. The van der Waals surface area contributed by atoms with Crippen LogP contribution in [-0.4, -0.2) is 10.4 Å². The van der Waals surface area contributed by atoms with E-state index in [1.54, 1.807) is 4.57 Å². The van der Waals surface area contributed by atoms with E-state index in [9.17, 15) is 9.59 Å². The van der Waals surface area contributed by atoms with Gasteiger partial charge in [-0.3, -0.25) is 9.59 Å². The third kappa shape index (κ3) is 5.69. The van der Waals surface area contributed by atoms with E-state index in [0.717, 1.165) is 34.9 Å². The minimum Gasteiger partial charge on any atom is -0.454 e. The molecule has 4 heterocycles. The molecule has 5 nitrogen and oxygen atoms in total. The maximum absolute atomic E-state index is 15.0. The molecule has 0 fully saturated rings. The summed E-state index contributed by atoms with van der Waals surface area (Å²) in [6, 6.07) is 6.04. The van der Waals surface area contributed by atoms with E-state index in [4.69, 9.17) is 4.42 Å². The number of hydrogen-bond acceptors (Lipinski definition) is 4. The number of allylic oxidation sites excluding steroid dienone is 1. The number of carbonyl (C=O) groups excluding carboxylic acids is 1. The van der Waals surface area contributed by atoms with Crippen molar-refractivity contribution >= 4 is 16.8 Å². The fourth-order valence-electron chi connectivity index (χ4n) is 4.13. The summed E-state index contributed by atoms with van der Waals surface area (Å²) in [5.74, 6) is -0.349. The normalized spacial score (nSPS) is 14.8. The maximum atomic E-state index is 15.0.